The zero-order valence-corrected chi connectivity index (χ0v) is 14.9. The molecule has 0 spiro atoms. The average Bonchev–Trinajstić information content (AvgIpc) is 2.72. The van der Waals surface area contributed by atoms with Crippen LogP contribution in [-0.4, -0.2) is 18.3 Å². The fraction of sp³-hybridized carbons (Fsp3) is 0.368. The number of benzene rings is 2. The highest BCUT2D eigenvalue weighted by Crippen LogP contribution is 2.37. The molecular weight excluding hydrogens is 323 g/mol. The second-order valence-electron chi connectivity index (χ2n) is 7.46. The van der Waals surface area contributed by atoms with Crippen LogP contribution in [0.4, 0.5) is 14.5 Å². The summed E-state index contributed by atoms with van der Waals surface area (Å²) in [6.45, 7) is 7.88. The summed E-state index contributed by atoms with van der Waals surface area (Å²) in [4.78, 5) is 0. The molecule has 25 heavy (non-hydrogen) atoms. The van der Waals surface area contributed by atoms with Gasteiger partial charge in [-0.25, -0.2) is 8.78 Å². The van der Waals surface area contributed by atoms with Crippen molar-refractivity contribution in [3.05, 3.63) is 59.2 Å². The number of halogens is 2. The smallest absolute Gasteiger partial charge is 0.399 e. The normalized spacial score (nSPS) is 18.6. The molecule has 0 amide bonds. The number of nitrogens with two attached hydrogens (primary N) is 1. The minimum absolute atomic E-state index is 0.297. The van der Waals surface area contributed by atoms with Crippen molar-refractivity contribution in [2.45, 2.75) is 45.3 Å². The highest BCUT2D eigenvalue weighted by atomic mass is 19.1. The molecule has 132 valence electrons. The zero-order valence-electron chi connectivity index (χ0n) is 14.9. The van der Waals surface area contributed by atoms with E-state index in [1.54, 1.807) is 12.1 Å². The van der Waals surface area contributed by atoms with Crippen LogP contribution >= 0.6 is 0 Å². The van der Waals surface area contributed by atoms with E-state index >= 15 is 0 Å². The summed E-state index contributed by atoms with van der Waals surface area (Å²) in [5, 5.41) is 0. The van der Waals surface area contributed by atoms with Crippen molar-refractivity contribution in [2.24, 2.45) is 0 Å². The second kappa shape index (κ2) is 6.11. The maximum atomic E-state index is 14.0. The van der Waals surface area contributed by atoms with Crippen LogP contribution < -0.4 is 11.2 Å². The van der Waals surface area contributed by atoms with Crippen LogP contribution in [-0.2, 0) is 15.7 Å². The zero-order chi connectivity index (χ0) is 18.4. The molecular formula is C19H22BF2NO2. The Hall–Kier alpha value is -1.92. The molecule has 0 aromatic heterocycles. The summed E-state index contributed by atoms with van der Waals surface area (Å²) in [7, 11) is -0.591. The van der Waals surface area contributed by atoms with Crippen molar-refractivity contribution in [1.82, 2.24) is 0 Å². The van der Waals surface area contributed by atoms with Crippen molar-refractivity contribution in [1.29, 1.82) is 0 Å². The predicted molar refractivity (Wildman–Crippen MR) is 95.7 cm³/mol. The van der Waals surface area contributed by atoms with Crippen LogP contribution in [0.1, 0.15) is 38.8 Å². The van der Waals surface area contributed by atoms with E-state index in [0.29, 0.717) is 17.7 Å². The second-order valence-corrected chi connectivity index (χ2v) is 7.46. The lowest BCUT2D eigenvalue weighted by molar-refractivity contribution is 0.00578. The third-order valence-corrected chi connectivity index (χ3v) is 5.07. The van der Waals surface area contributed by atoms with Crippen LogP contribution in [0.3, 0.4) is 0 Å². The van der Waals surface area contributed by atoms with E-state index in [2.05, 4.69) is 0 Å². The largest absolute Gasteiger partial charge is 0.495 e. The van der Waals surface area contributed by atoms with Gasteiger partial charge in [-0.1, -0.05) is 12.1 Å². The fourth-order valence-corrected chi connectivity index (χ4v) is 2.83. The van der Waals surface area contributed by atoms with Crippen LogP contribution in [0, 0.1) is 11.6 Å². The Balaban J connectivity index is 1.97. The molecule has 0 saturated carbocycles. The van der Waals surface area contributed by atoms with E-state index < -0.39 is 30.0 Å². The molecule has 1 heterocycles. The molecule has 0 atom stereocenters. The maximum Gasteiger partial charge on any atom is 0.495 e. The van der Waals surface area contributed by atoms with Crippen LogP contribution in [0.5, 0.6) is 0 Å². The number of hydrogen-bond acceptors (Lipinski definition) is 3. The lowest BCUT2D eigenvalue weighted by atomic mass is 9.74. The van der Waals surface area contributed by atoms with Gasteiger partial charge in [0.15, 0.2) is 0 Å². The molecule has 6 heteroatoms. The van der Waals surface area contributed by atoms with Crippen molar-refractivity contribution >= 4 is 18.3 Å². The van der Waals surface area contributed by atoms with E-state index in [9.17, 15) is 8.78 Å². The topological polar surface area (TPSA) is 44.5 Å². The van der Waals surface area contributed by atoms with Gasteiger partial charge in [-0.05, 0) is 68.9 Å². The first-order valence-corrected chi connectivity index (χ1v) is 8.27. The number of rotatable bonds is 3. The highest BCUT2D eigenvalue weighted by molar-refractivity contribution is 6.62. The summed E-state index contributed by atoms with van der Waals surface area (Å²) < 4.78 is 39.4. The van der Waals surface area contributed by atoms with E-state index in [0.717, 1.165) is 17.1 Å². The Morgan fingerprint density at radius 3 is 2.12 bits per heavy atom. The molecule has 1 fully saturated rings. The SMILES string of the molecule is CC1(C)OB(c2cc(N)ccc2Cc2ccc(F)cc2F)OC1(C)C. The first-order valence-electron chi connectivity index (χ1n) is 8.27. The molecule has 1 aliphatic heterocycles. The number of anilines is 1. The van der Waals surface area contributed by atoms with Gasteiger partial charge in [0.25, 0.3) is 0 Å². The van der Waals surface area contributed by atoms with Crippen molar-refractivity contribution in [2.75, 3.05) is 5.73 Å². The summed E-state index contributed by atoms with van der Waals surface area (Å²) >= 11 is 0. The van der Waals surface area contributed by atoms with Gasteiger partial charge in [0.1, 0.15) is 11.6 Å². The van der Waals surface area contributed by atoms with Gasteiger partial charge < -0.3 is 15.0 Å². The molecule has 3 nitrogen and oxygen atoms in total. The molecule has 2 aromatic rings. The Labute approximate surface area is 147 Å². The maximum absolute atomic E-state index is 14.0. The molecule has 2 N–H and O–H groups in total. The Bertz CT molecular complexity index is 792. The molecule has 0 bridgehead atoms. The van der Waals surface area contributed by atoms with Gasteiger partial charge >= 0.3 is 7.12 Å². The minimum Gasteiger partial charge on any atom is -0.399 e. The predicted octanol–water partition coefficient (Wildman–Crippen LogP) is 3.44. The average molecular weight is 345 g/mol. The molecule has 2 aromatic carbocycles. The Morgan fingerprint density at radius 2 is 1.52 bits per heavy atom. The molecule has 3 rings (SSSR count). The van der Waals surface area contributed by atoms with Gasteiger partial charge in [-0.15, -0.1) is 0 Å². The molecule has 0 radical (unpaired) electrons. The van der Waals surface area contributed by atoms with Crippen LogP contribution in [0.25, 0.3) is 0 Å². The standard InChI is InChI=1S/C19H22BF2NO2/c1-18(2)19(3,4)25-20(24-18)16-11-15(23)8-6-12(16)9-13-5-7-14(21)10-17(13)22/h5-8,10-11H,9,23H2,1-4H3. The van der Waals surface area contributed by atoms with E-state index in [1.165, 1.54) is 12.1 Å². The van der Waals surface area contributed by atoms with Gasteiger partial charge in [0, 0.05) is 11.8 Å². The number of nitrogen functional groups attached to an aromatic ring is 1. The van der Waals surface area contributed by atoms with Gasteiger partial charge in [0.2, 0.25) is 0 Å². The third-order valence-electron chi connectivity index (χ3n) is 5.07. The summed E-state index contributed by atoms with van der Waals surface area (Å²) in [6.07, 6.45) is 0.297. The molecule has 1 aliphatic rings. The van der Waals surface area contributed by atoms with Crippen LogP contribution in [0.2, 0.25) is 0 Å². The molecule has 0 unspecified atom stereocenters. The van der Waals surface area contributed by atoms with Gasteiger partial charge in [-0.2, -0.15) is 0 Å². The summed E-state index contributed by atoms with van der Waals surface area (Å²) in [6, 6.07) is 8.98. The highest BCUT2D eigenvalue weighted by Gasteiger charge is 2.52. The third kappa shape index (κ3) is 3.41. The minimum atomic E-state index is -0.593. The molecule has 1 saturated heterocycles. The first-order chi connectivity index (χ1) is 11.6. The van der Waals surface area contributed by atoms with Gasteiger partial charge in [0.05, 0.1) is 11.2 Å². The van der Waals surface area contributed by atoms with Gasteiger partial charge in [-0.3, -0.25) is 0 Å². The van der Waals surface area contributed by atoms with E-state index in [4.69, 9.17) is 15.0 Å². The Kier molecular flexibility index (Phi) is 4.37. The van der Waals surface area contributed by atoms with E-state index in [-0.39, 0.29) is 0 Å². The first kappa shape index (κ1) is 17.9. The lowest BCUT2D eigenvalue weighted by Gasteiger charge is -2.32. The lowest BCUT2D eigenvalue weighted by Crippen LogP contribution is -2.41. The van der Waals surface area contributed by atoms with Crippen molar-refractivity contribution in [3.63, 3.8) is 0 Å². The summed E-state index contributed by atoms with van der Waals surface area (Å²) in [5.41, 5.74) is 7.55. The van der Waals surface area contributed by atoms with E-state index in [1.807, 2.05) is 33.8 Å². The fourth-order valence-electron chi connectivity index (χ4n) is 2.83. The Morgan fingerprint density at radius 1 is 0.920 bits per heavy atom. The quantitative estimate of drug-likeness (QED) is 0.685. The molecule has 0 aliphatic carbocycles. The summed E-state index contributed by atoms with van der Waals surface area (Å²) in [5.74, 6) is -1.17. The number of hydrogen-bond donors (Lipinski definition) is 1. The monoisotopic (exact) mass is 345 g/mol. The van der Waals surface area contributed by atoms with Crippen molar-refractivity contribution in [3.8, 4) is 0 Å². The van der Waals surface area contributed by atoms with Crippen LogP contribution in [0.15, 0.2) is 36.4 Å². The van der Waals surface area contributed by atoms with Crippen molar-refractivity contribution < 1.29 is 18.1 Å².